The number of nitrogens with one attached hydrogen (secondary N) is 1. The number of carbonyl (C=O) groups is 1. The molecule has 1 aliphatic carbocycles. The van der Waals surface area contributed by atoms with Gasteiger partial charge in [0.05, 0.1) is 12.8 Å². The minimum atomic E-state index is -0.615. The summed E-state index contributed by atoms with van der Waals surface area (Å²) in [6.45, 7) is 0. The maximum atomic E-state index is 12.9. The van der Waals surface area contributed by atoms with E-state index < -0.39 is 5.66 Å². The van der Waals surface area contributed by atoms with Crippen LogP contribution in [0.5, 0.6) is 5.75 Å². The molecule has 0 saturated heterocycles. The zero-order valence-corrected chi connectivity index (χ0v) is 17.0. The molecule has 0 aromatic heterocycles. The summed E-state index contributed by atoms with van der Waals surface area (Å²) in [4.78, 5) is 23.6. The molecule has 30 heavy (non-hydrogen) atoms. The topological polar surface area (TPSA) is 118 Å². The van der Waals surface area contributed by atoms with Crippen molar-refractivity contribution >= 4 is 29.2 Å². The second kappa shape index (κ2) is 8.06. The summed E-state index contributed by atoms with van der Waals surface area (Å²) in [5, 5.41) is 2.91. The highest BCUT2D eigenvalue weighted by atomic mass is 16.5. The summed E-state index contributed by atoms with van der Waals surface area (Å²) in [5.74, 6) is 0.800. The molecule has 1 heterocycles. The largest absolute Gasteiger partial charge is 0.495 e. The number of anilines is 2. The van der Waals surface area contributed by atoms with Crippen LogP contribution in [0.25, 0.3) is 0 Å². The Kier molecular flexibility index (Phi) is 5.31. The van der Waals surface area contributed by atoms with Crippen molar-refractivity contribution in [2.24, 2.45) is 21.5 Å². The molecule has 1 fully saturated rings. The van der Waals surface area contributed by atoms with E-state index in [9.17, 15) is 4.79 Å². The van der Waals surface area contributed by atoms with Crippen LogP contribution in [0.15, 0.2) is 58.5 Å². The maximum absolute atomic E-state index is 12.9. The first kappa shape index (κ1) is 19.8. The van der Waals surface area contributed by atoms with Crippen molar-refractivity contribution in [2.75, 3.05) is 17.3 Å². The van der Waals surface area contributed by atoms with Crippen LogP contribution in [0.4, 0.5) is 11.4 Å². The third kappa shape index (κ3) is 3.68. The number of amides is 1. The Labute approximate surface area is 175 Å². The normalized spacial score (nSPS) is 17.8. The van der Waals surface area contributed by atoms with Crippen molar-refractivity contribution in [3.63, 3.8) is 0 Å². The summed E-state index contributed by atoms with van der Waals surface area (Å²) in [6, 6.07) is 14.6. The van der Waals surface area contributed by atoms with Crippen molar-refractivity contribution in [1.29, 1.82) is 0 Å². The van der Waals surface area contributed by atoms with Gasteiger partial charge in [-0.05, 0) is 56.0 Å². The zero-order chi connectivity index (χ0) is 21.1. The van der Waals surface area contributed by atoms with Crippen LogP contribution < -0.4 is 26.4 Å². The number of ether oxygens (including phenoxy) is 1. The predicted molar refractivity (Wildman–Crippen MR) is 119 cm³/mol. The third-order valence-electron chi connectivity index (χ3n) is 5.57. The lowest BCUT2D eigenvalue weighted by molar-refractivity contribution is 0.102. The summed E-state index contributed by atoms with van der Waals surface area (Å²) in [7, 11) is 1.59. The average Bonchev–Trinajstić information content (AvgIpc) is 2.74. The smallest absolute Gasteiger partial charge is 0.255 e. The van der Waals surface area contributed by atoms with E-state index in [0.29, 0.717) is 17.0 Å². The average molecular weight is 406 g/mol. The van der Waals surface area contributed by atoms with Crippen LogP contribution >= 0.6 is 0 Å². The van der Waals surface area contributed by atoms with E-state index in [1.807, 2.05) is 35.2 Å². The summed E-state index contributed by atoms with van der Waals surface area (Å²) in [6.07, 6.45) is 4.76. The molecule has 8 heteroatoms. The van der Waals surface area contributed by atoms with Gasteiger partial charge in [0.25, 0.3) is 5.91 Å². The number of rotatable bonds is 4. The Morgan fingerprint density at radius 3 is 2.53 bits per heavy atom. The third-order valence-corrected chi connectivity index (χ3v) is 5.57. The molecule has 0 bridgehead atoms. The number of nitrogens with two attached hydrogens (primary N) is 2. The van der Waals surface area contributed by atoms with Gasteiger partial charge in [-0.3, -0.25) is 9.69 Å². The highest BCUT2D eigenvalue weighted by Crippen LogP contribution is 2.42. The van der Waals surface area contributed by atoms with Gasteiger partial charge in [0.15, 0.2) is 0 Å². The van der Waals surface area contributed by atoms with Crippen molar-refractivity contribution in [3.8, 4) is 5.75 Å². The number of benzene rings is 2. The number of guanidine groups is 2. The van der Waals surface area contributed by atoms with Crippen LogP contribution in [-0.4, -0.2) is 30.6 Å². The molecule has 1 aliphatic heterocycles. The van der Waals surface area contributed by atoms with E-state index in [1.54, 1.807) is 25.3 Å². The number of methoxy groups -OCH3 is 1. The minimum absolute atomic E-state index is 0.183. The molecule has 8 nitrogen and oxygen atoms in total. The zero-order valence-electron chi connectivity index (χ0n) is 17.0. The van der Waals surface area contributed by atoms with Crippen molar-refractivity contribution < 1.29 is 9.53 Å². The summed E-state index contributed by atoms with van der Waals surface area (Å²) >= 11 is 0. The number of carbonyl (C=O) groups excluding carboxylic acids is 1. The molecule has 5 N–H and O–H groups in total. The first-order chi connectivity index (χ1) is 14.5. The quantitative estimate of drug-likeness (QED) is 0.721. The van der Waals surface area contributed by atoms with Gasteiger partial charge in [-0.1, -0.05) is 24.6 Å². The Bertz CT molecular complexity index is 996. The van der Waals surface area contributed by atoms with E-state index in [1.165, 1.54) is 0 Å². The van der Waals surface area contributed by atoms with Gasteiger partial charge in [-0.15, -0.1) is 0 Å². The number of para-hydroxylation sites is 1. The number of hydrogen-bond donors (Lipinski definition) is 3. The highest BCUT2D eigenvalue weighted by molar-refractivity contribution is 6.09. The molecular weight excluding hydrogens is 380 g/mol. The molecule has 0 radical (unpaired) electrons. The molecule has 1 amide bonds. The lowest BCUT2D eigenvalue weighted by Crippen LogP contribution is -2.58. The van der Waals surface area contributed by atoms with Crippen molar-refractivity contribution in [1.82, 2.24) is 0 Å². The fourth-order valence-electron chi connectivity index (χ4n) is 4.20. The number of hydrogen-bond acceptors (Lipinski definition) is 7. The first-order valence-electron chi connectivity index (χ1n) is 10.1. The monoisotopic (exact) mass is 406 g/mol. The molecule has 0 unspecified atom stereocenters. The van der Waals surface area contributed by atoms with Gasteiger partial charge in [0, 0.05) is 11.3 Å². The van der Waals surface area contributed by atoms with Gasteiger partial charge in [-0.25, -0.2) is 4.99 Å². The van der Waals surface area contributed by atoms with E-state index >= 15 is 0 Å². The van der Waals surface area contributed by atoms with Gasteiger partial charge >= 0.3 is 0 Å². The van der Waals surface area contributed by atoms with E-state index in [4.69, 9.17) is 21.2 Å². The molecule has 1 spiro atoms. The van der Waals surface area contributed by atoms with Gasteiger partial charge < -0.3 is 21.5 Å². The Morgan fingerprint density at radius 1 is 1.10 bits per heavy atom. The molecular formula is C22H26N6O2. The molecule has 2 aromatic rings. The number of nitrogens with zero attached hydrogens (tertiary/aromatic N) is 3. The molecule has 156 valence electrons. The van der Waals surface area contributed by atoms with Crippen LogP contribution in [0.3, 0.4) is 0 Å². The fraction of sp³-hybridized carbons (Fsp3) is 0.318. The van der Waals surface area contributed by atoms with Crippen molar-refractivity contribution in [3.05, 3.63) is 54.1 Å². The van der Waals surface area contributed by atoms with Crippen LogP contribution in [0.1, 0.15) is 42.5 Å². The molecule has 2 aliphatic rings. The van der Waals surface area contributed by atoms with Gasteiger partial charge in [0.2, 0.25) is 11.9 Å². The lowest BCUT2D eigenvalue weighted by atomic mass is 9.87. The molecule has 2 aromatic carbocycles. The van der Waals surface area contributed by atoms with E-state index in [0.717, 1.165) is 37.8 Å². The second-order valence-corrected chi connectivity index (χ2v) is 7.53. The SMILES string of the molecule is COc1ccc(C(=O)Nc2ccccc2)cc1N1C(N)=NC(N)=NC12CCCCC2. The Morgan fingerprint density at radius 2 is 1.83 bits per heavy atom. The Hall–Kier alpha value is -3.55. The van der Waals surface area contributed by atoms with Crippen LogP contribution in [-0.2, 0) is 0 Å². The standard InChI is InChI=1S/C22H26N6O2/c1-30-18-11-10-15(19(29)25-16-8-4-2-5-9-16)14-17(18)28-21(24)26-20(23)27-22(28)12-6-3-7-13-22/h2,4-5,8-11,14H,3,6-7,12-13H2,1H3,(H,25,29)(H4,23,24,26,27). The predicted octanol–water partition coefficient (Wildman–Crippen LogP) is 3.06. The van der Waals surface area contributed by atoms with E-state index in [-0.39, 0.29) is 17.8 Å². The van der Waals surface area contributed by atoms with Gasteiger partial charge in [0.1, 0.15) is 11.4 Å². The highest BCUT2D eigenvalue weighted by Gasteiger charge is 2.43. The van der Waals surface area contributed by atoms with Crippen LogP contribution in [0.2, 0.25) is 0 Å². The summed E-state index contributed by atoms with van der Waals surface area (Å²) < 4.78 is 5.60. The maximum Gasteiger partial charge on any atom is 0.255 e. The van der Waals surface area contributed by atoms with Crippen LogP contribution in [0, 0.1) is 0 Å². The minimum Gasteiger partial charge on any atom is -0.495 e. The number of aliphatic imine (C=N–C) groups is 2. The van der Waals surface area contributed by atoms with Crippen molar-refractivity contribution in [2.45, 2.75) is 37.8 Å². The molecule has 0 atom stereocenters. The lowest BCUT2D eigenvalue weighted by Gasteiger charge is -2.45. The second-order valence-electron chi connectivity index (χ2n) is 7.53. The molecule has 1 saturated carbocycles. The molecule has 4 rings (SSSR count). The fourth-order valence-corrected chi connectivity index (χ4v) is 4.20. The summed E-state index contributed by atoms with van der Waals surface area (Å²) in [5.41, 5.74) is 13.5. The van der Waals surface area contributed by atoms with Gasteiger partial charge in [-0.2, -0.15) is 4.99 Å². The first-order valence-corrected chi connectivity index (χ1v) is 10.1. The van der Waals surface area contributed by atoms with E-state index in [2.05, 4.69) is 10.3 Å². The Balaban J connectivity index is 1.74.